The summed E-state index contributed by atoms with van der Waals surface area (Å²) in [5.41, 5.74) is 7.04. The van der Waals surface area contributed by atoms with E-state index in [9.17, 15) is 0 Å². The number of aryl methyl sites for hydroxylation is 1. The van der Waals surface area contributed by atoms with Gasteiger partial charge in [0, 0.05) is 19.0 Å². The van der Waals surface area contributed by atoms with Gasteiger partial charge in [0.25, 0.3) is 0 Å². The largest absolute Gasteiger partial charge is 0.493 e. The molecule has 8 nitrogen and oxygen atoms in total. The van der Waals surface area contributed by atoms with Crippen molar-refractivity contribution in [3.8, 4) is 11.5 Å². The van der Waals surface area contributed by atoms with E-state index in [0.29, 0.717) is 30.0 Å². The lowest BCUT2D eigenvalue weighted by atomic mass is 10.2. The van der Waals surface area contributed by atoms with Gasteiger partial charge >= 0.3 is 0 Å². The summed E-state index contributed by atoms with van der Waals surface area (Å²) < 4.78 is 12.9. The van der Waals surface area contributed by atoms with Crippen molar-refractivity contribution >= 4 is 41.7 Å². The number of hydrogen-bond donors (Lipinski definition) is 2. The number of hydrogen-bond acceptors (Lipinski definition) is 6. The van der Waals surface area contributed by atoms with E-state index >= 15 is 0 Å². The van der Waals surface area contributed by atoms with Crippen LogP contribution in [0.1, 0.15) is 49.5 Å². The highest BCUT2D eigenvalue weighted by molar-refractivity contribution is 14.0. The van der Waals surface area contributed by atoms with Gasteiger partial charge in [-0.2, -0.15) is 0 Å². The summed E-state index contributed by atoms with van der Waals surface area (Å²) in [6, 6.07) is 6.29. The third kappa shape index (κ3) is 6.90. The second kappa shape index (κ2) is 13.0. The lowest BCUT2D eigenvalue weighted by Crippen LogP contribution is -2.32. The van der Waals surface area contributed by atoms with E-state index in [0.717, 1.165) is 35.9 Å². The molecule has 1 fully saturated rings. The number of methoxy groups -OCH3 is 2. The summed E-state index contributed by atoms with van der Waals surface area (Å²) in [4.78, 5) is 4.42. The van der Waals surface area contributed by atoms with Crippen LogP contribution in [0.15, 0.2) is 28.3 Å². The number of nitrogens with two attached hydrogens (primary N) is 1. The Morgan fingerprint density at radius 2 is 1.97 bits per heavy atom. The third-order valence-electron chi connectivity index (χ3n) is 5.37. The molecular formula is C21H33IN6O2S. The number of aromatic nitrogens is 3. The number of thioether (sulfide) groups is 1. The smallest absolute Gasteiger partial charge is 0.191 e. The van der Waals surface area contributed by atoms with Gasteiger partial charge in [0.15, 0.2) is 22.6 Å². The monoisotopic (exact) mass is 560 g/mol. The molecule has 0 radical (unpaired) electrons. The van der Waals surface area contributed by atoms with Crippen LogP contribution in [0.4, 0.5) is 0 Å². The maximum absolute atomic E-state index is 6.03. The number of nitrogens with one attached hydrogen (secondary N) is 1. The SMILES string of the molecule is COc1ccc(CN=C(N)NCCCc2nnc(SC)n2C2CCCC2)cc1OC.I. The van der Waals surface area contributed by atoms with Gasteiger partial charge in [-0.1, -0.05) is 30.7 Å². The van der Waals surface area contributed by atoms with Crippen molar-refractivity contribution < 1.29 is 9.47 Å². The molecule has 0 amide bonds. The Bertz CT molecular complexity index is 854. The Labute approximate surface area is 205 Å². The minimum atomic E-state index is 0. The van der Waals surface area contributed by atoms with Crippen molar-refractivity contribution in [1.82, 2.24) is 20.1 Å². The fourth-order valence-corrected chi connectivity index (χ4v) is 4.39. The minimum Gasteiger partial charge on any atom is -0.493 e. The van der Waals surface area contributed by atoms with Gasteiger partial charge in [0.1, 0.15) is 5.82 Å². The van der Waals surface area contributed by atoms with E-state index in [1.165, 1.54) is 25.7 Å². The van der Waals surface area contributed by atoms with E-state index in [4.69, 9.17) is 15.2 Å². The van der Waals surface area contributed by atoms with E-state index in [1.807, 2.05) is 18.2 Å². The van der Waals surface area contributed by atoms with Gasteiger partial charge in [-0.05, 0) is 43.2 Å². The quantitative estimate of drug-likeness (QED) is 0.150. The summed E-state index contributed by atoms with van der Waals surface area (Å²) in [6.45, 7) is 1.22. The molecule has 1 aromatic heterocycles. The predicted octanol–water partition coefficient (Wildman–Crippen LogP) is 3.79. The van der Waals surface area contributed by atoms with Crippen molar-refractivity contribution in [3.63, 3.8) is 0 Å². The third-order valence-corrected chi connectivity index (χ3v) is 6.01. The molecule has 0 atom stereocenters. The summed E-state index contributed by atoms with van der Waals surface area (Å²) in [7, 11) is 3.24. The molecular weight excluding hydrogens is 527 g/mol. The molecule has 1 aliphatic carbocycles. The Kier molecular flexibility index (Phi) is 10.7. The highest BCUT2D eigenvalue weighted by Crippen LogP contribution is 2.33. The molecule has 10 heteroatoms. The summed E-state index contributed by atoms with van der Waals surface area (Å²) >= 11 is 1.67. The Hall–Kier alpha value is -1.69. The zero-order valence-corrected chi connectivity index (χ0v) is 21.6. The Balaban J connectivity index is 0.00000341. The highest BCUT2D eigenvalue weighted by atomic mass is 127. The first kappa shape index (κ1) is 25.6. The van der Waals surface area contributed by atoms with Crippen LogP contribution in [0.3, 0.4) is 0 Å². The van der Waals surface area contributed by atoms with Crippen LogP contribution >= 0.6 is 35.7 Å². The van der Waals surface area contributed by atoms with Gasteiger partial charge in [0.05, 0.1) is 20.8 Å². The average molecular weight is 561 g/mol. The van der Waals surface area contributed by atoms with Gasteiger partial charge in [0.2, 0.25) is 0 Å². The molecule has 1 aromatic carbocycles. The van der Waals surface area contributed by atoms with E-state index in [1.54, 1.807) is 26.0 Å². The topological polar surface area (TPSA) is 99.6 Å². The van der Waals surface area contributed by atoms with Crippen molar-refractivity contribution in [1.29, 1.82) is 0 Å². The first-order valence-corrected chi connectivity index (χ1v) is 11.6. The number of aliphatic imine (C=N–C) groups is 1. The Morgan fingerprint density at radius 3 is 2.65 bits per heavy atom. The molecule has 3 N–H and O–H groups in total. The normalized spacial score (nSPS) is 14.4. The molecule has 0 spiro atoms. The zero-order valence-electron chi connectivity index (χ0n) is 18.5. The molecule has 0 bridgehead atoms. The minimum absolute atomic E-state index is 0. The first-order valence-electron chi connectivity index (χ1n) is 10.4. The molecule has 0 unspecified atom stereocenters. The van der Waals surface area contributed by atoms with Crippen LogP contribution in [0.25, 0.3) is 0 Å². The van der Waals surface area contributed by atoms with Crippen molar-refractivity contribution in [2.45, 2.75) is 56.3 Å². The summed E-state index contributed by atoms with van der Waals surface area (Å²) in [6.07, 6.45) is 8.91. The van der Waals surface area contributed by atoms with Crippen LogP contribution in [-0.4, -0.2) is 47.7 Å². The number of ether oxygens (including phenoxy) is 2. The molecule has 2 aromatic rings. The molecule has 1 aliphatic rings. The molecule has 1 heterocycles. The average Bonchev–Trinajstić information content (AvgIpc) is 3.44. The van der Waals surface area contributed by atoms with Gasteiger partial charge < -0.3 is 25.1 Å². The van der Waals surface area contributed by atoms with Crippen LogP contribution in [-0.2, 0) is 13.0 Å². The van der Waals surface area contributed by atoms with Crippen LogP contribution in [0.5, 0.6) is 11.5 Å². The van der Waals surface area contributed by atoms with Crippen LogP contribution < -0.4 is 20.5 Å². The standard InChI is InChI=1S/C21H32N6O2S.HI/c1-28-17-11-10-15(13-18(17)29-2)14-24-20(22)23-12-6-9-19-25-26-21(30-3)27(19)16-7-4-5-8-16;/h10-11,13,16H,4-9,12,14H2,1-3H3,(H3,22,23,24);1H. The molecule has 1 saturated carbocycles. The second-order valence-corrected chi connectivity index (χ2v) is 8.11. The second-order valence-electron chi connectivity index (χ2n) is 7.33. The Morgan fingerprint density at radius 1 is 1.23 bits per heavy atom. The fourth-order valence-electron chi connectivity index (χ4n) is 3.82. The highest BCUT2D eigenvalue weighted by Gasteiger charge is 2.23. The summed E-state index contributed by atoms with van der Waals surface area (Å²) in [5, 5.41) is 13.0. The fraction of sp³-hybridized carbons (Fsp3) is 0.571. The molecule has 0 aliphatic heterocycles. The predicted molar refractivity (Wildman–Crippen MR) is 136 cm³/mol. The number of rotatable bonds is 10. The lowest BCUT2D eigenvalue weighted by molar-refractivity contribution is 0.354. The van der Waals surface area contributed by atoms with Gasteiger partial charge in [-0.25, -0.2) is 4.99 Å². The number of halogens is 1. The number of benzene rings is 1. The van der Waals surface area contributed by atoms with Gasteiger partial charge in [-0.15, -0.1) is 34.2 Å². The van der Waals surface area contributed by atoms with Crippen LogP contribution in [0, 0.1) is 0 Å². The zero-order chi connectivity index (χ0) is 21.3. The van der Waals surface area contributed by atoms with E-state index in [2.05, 4.69) is 31.3 Å². The maximum Gasteiger partial charge on any atom is 0.191 e. The van der Waals surface area contributed by atoms with Crippen LogP contribution in [0.2, 0.25) is 0 Å². The van der Waals surface area contributed by atoms with Crippen molar-refractivity contribution in [2.75, 3.05) is 27.0 Å². The van der Waals surface area contributed by atoms with E-state index < -0.39 is 0 Å². The number of nitrogens with zero attached hydrogens (tertiary/aromatic N) is 4. The first-order chi connectivity index (χ1) is 14.7. The molecule has 0 saturated heterocycles. The summed E-state index contributed by atoms with van der Waals surface area (Å²) in [5.74, 6) is 2.90. The van der Waals surface area contributed by atoms with Crippen molar-refractivity contribution in [2.24, 2.45) is 10.7 Å². The maximum atomic E-state index is 6.03. The van der Waals surface area contributed by atoms with Gasteiger partial charge in [-0.3, -0.25) is 0 Å². The van der Waals surface area contributed by atoms with Crippen molar-refractivity contribution in [3.05, 3.63) is 29.6 Å². The molecule has 3 rings (SSSR count). The molecule has 31 heavy (non-hydrogen) atoms. The van der Waals surface area contributed by atoms with E-state index in [-0.39, 0.29) is 24.0 Å². The lowest BCUT2D eigenvalue weighted by Gasteiger charge is -2.16. The molecule has 172 valence electrons. The number of guanidine groups is 1.